The maximum Gasteiger partial charge on any atom is 0.220 e. The van der Waals surface area contributed by atoms with Crippen LogP contribution in [0.2, 0.25) is 0 Å². The summed E-state index contributed by atoms with van der Waals surface area (Å²) in [6.45, 7) is 2.29. The maximum absolute atomic E-state index is 12.1. The predicted molar refractivity (Wildman–Crippen MR) is 81.4 cm³/mol. The van der Waals surface area contributed by atoms with Crippen molar-refractivity contribution in [3.63, 3.8) is 0 Å². The first-order valence-corrected chi connectivity index (χ1v) is 7.70. The summed E-state index contributed by atoms with van der Waals surface area (Å²) in [5.74, 6) is 1.41. The van der Waals surface area contributed by atoms with Crippen LogP contribution >= 0.6 is 12.4 Å². The number of hydrogen-bond donors (Lipinski definition) is 2. The van der Waals surface area contributed by atoms with E-state index in [1.165, 1.54) is 25.7 Å². The molecule has 1 amide bonds. The van der Waals surface area contributed by atoms with Crippen molar-refractivity contribution in [1.82, 2.24) is 5.32 Å². The lowest BCUT2D eigenvalue weighted by atomic mass is 9.82. The molecule has 0 aliphatic heterocycles. The predicted octanol–water partition coefficient (Wildman–Crippen LogP) is 3.01. The third kappa shape index (κ3) is 5.31. The zero-order valence-corrected chi connectivity index (χ0v) is 12.9. The maximum atomic E-state index is 12.1. The van der Waals surface area contributed by atoms with Crippen LogP contribution in [-0.4, -0.2) is 18.0 Å². The molecule has 4 atom stereocenters. The van der Waals surface area contributed by atoms with E-state index in [1.807, 2.05) is 0 Å². The Morgan fingerprint density at radius 3 is 2.58 bits per heavy atom. The van der Waals surface area contributed by atoms with E-state index in [2.05, 4.69) is 12.2 Å². The van der Waals surface area contributed by atoms with Crippen LogP contribution in [0.25, 0.3) is 0 Å². The molecule has 0 aromatic heterocycles. The fourth-order valence-corrected chi connectivity index (χ4v) is 3.58. The van der Waals surface area contributed by atoms with Gasteiger partial charge in [-0.1, -0.05) is 32.6 Å². The summed E-state index contributed by atoms with van der Waals surface area (Å²) in [5, 5.41) is 3.22. The molecule has 3 nitrogen and oxygen atoms in total. The quantitative estimate of drug-likeness (QED) is 0.839. The second kappa shape index (κ2) is 8.11. The molecule has 0 spiro atoms. The Bertz CT molecular complexity index is 285. The minimum absolute atomic E-state index is 0. The summed E-state index contributed by atoms with van der Waals surface area (Å²) in [5.41, 5.74) is 6.10. The third-order valence-corrected chi connectivity index (χ3v) is 4.72. The number of halogens is 1. The fraction of sp³-hybridized carbons (Fsp3) is 0.933. The molecular formula is C15H29ClN2O. The summed E-state index contributed by atoms with van der Waals surface area (Å²) in [4.78, 5) is 12.1. The van der Waals surface area contributed by atoms with Crippen molar-refractivity contribution in [1.29, 1.82) is 0 Å². The molecule has 2 fully saturated rings. The Hall–Kier alpha value is -0.280. The van der Waals surface area contributed by atoms with Gasteiger partial charge in [0, 0.05) is 18.5 Å². The highest BCUT2D eigenvalue weighted by molar-refractivity contribution is 5.85. The monoisotopic (exact) mass is 288 g/mol. The molecule has 3 N–H and O–H groups in total. The third-order valence-electron chi connectivity index (χ3n) is 4.72. The lowest BCUT2D eigenvalue weighted by molar-refractivity contribution is -0.123. The number of rotatable bonds is 3. The summed E-state index contributed by atoms with van der Waals surface area (Å²) < 4.78 is 0. The van der Waals surface area contributed by atoms with E-state index in [9.17, 15) is 4.79 Å². The van der Waals surface area contributed by atoms with Crippen LogP contribution in [0.5, 0.6) is 0 Å². The van der Waals surface area contributed by atoms with Gasteiger partial charge in [-0.15, -0.1) is 12.4 Å². The van der Waals surface area contributed by atoms with Gasteiger partial charge < -0.3 is 11.1 Å². The molecule has 0 bridgehead atoms. The highest BCUT2D eigenvalue weighted by atomic mass is 35.5. The standard InChI is InChI=1S/C15H28N2O.ClH/c1-11-5-4-7-13(9-11)17-15(18)10-12-6-2-3-8-14(12)16;/h11-14H,2-10,16H2,1H3,(H,17,18);1H. The topological polar surface area (TPSA) is 55.1 Å². The number of carbonyl (C=O) groups is 1. The number of hydrogen-bond acceptors (Lipinski definition) is 2. The first kappa shape index (κ1) is 16.8. The van der Waals surface area contributed by atoms with Crippen molar-refractivity contribution < 1.29 is 4.79 Å². The van der Waals surface area contributed by atoms with Crippen LogP contribution in [0.3, 0.4) is 0 Å². The number of carbonyl (C=O) groups excluding carboxylic acids is 1. The fourth-order valence-electron chi connectivity index (χ4n) is 3.58. The Morgan fingerprint density at radius 1 is 1.16 bits per heavy atom. The SMILES string of the molecule is CC1CCCC(NC(=O)CC2CCCCC2N)C1.Cl. The van der Waals surface area contributed by atoms with Crippen LogP contribution < -0.4 is 11.1 Å². The van der Waals surface area contributed by atoms with E-state index in [0.29, 0.717) is 18.4 Å². The van der Waals surface area contributed by atoms with Crippen molar-refractivity contribution >= 4 is 18.3 Å². The summed E-state index contributed by atoms with van der Waals surface area (Å²) in [6, 6.07) is 0.663. The molecule has 0 aromatic carbocycles. The molecule has 19 heavy (non-hydrogen) atoms. The van der Waals surface area contributed by atoms with Gasteiger partial charge in [-0.3, -0.25) is 4.79 Å². The highest BCUT2D eigenvalue weighted by Crippen LogP contribution is 2.27. The molecule has 0 saturated heterocycles. The largest absolute Gasteiger partial charge is 0.353 e. The highest BCUT2D eigenvalue weighted by Gasteiger charge is 2.26. The molecule has 0 radical (unpaired) electrons. The van der Waals surface area contributed by atoms with Crippen LogP contribution in [0.15, 0.2) is 0 Å². The van der Waals surface area contributed by atoms with Crippen LogP contribution in [0.1, 0.15) is 64.7 Å². The zero-order chi connectivity index (χ0) is 13.0. The van der Waals surface area contributed by atoms with E-state index in [4.69, 9.17) is 5.73 Å². The molecular weight excluding hydrogens is 260 g/mol. The molecule has 2 aliphatic carbocycles. The summed E-state index contributed by atoms with van der Waals surface area (Å²) >= 11 is 0. The van der Waals surface area contributed by atoms with E-state index in [-0.39, 0.29) is 24.4 Å². The molecule has 2 aliphatic rings. The Balaban J connectivity index is 0.00000180. The van der Waals surface area contributed by atoms with Gasteiger partial charge in [-0.05, 0) is 37.5 Å². The summed E-state index contributed by atoms with van der Waals surface area (Å²) in [6.07, 6.45) is 10.2. The molecule has 2 saturated carbocycles. The normalized spacial score (nSPS) is 35.3. The number of nitrogens with one attached hydrogen (secondary N) is 1. The van der Waals surface area contributed by atoms with Gasteiger partial charge in [0.15, 0.2) is 0 Å². The van der Waals surface area contributed by atoms with Crippen molar-refractivity contribution in [2.45, 2.75) is 76.8 Å². The Morgan fingerprint density at radius 2 is 1.89 bits per heavy atom. The van der Waals surface area contributed by atoms with Gasteiger partial charge in [0.25, 0.3) is 0 Å². The van der Waals surface area contributed by atoms with Crippen molar-refractivity contribution in [2.24, 2.45) is 17.6 Å². The number of nitrogens with two attached hydrogens (primary N) is 1. The molecule has 4 heteroatoms. The first-order chi connectivity index (χ1) is 8.65. The molecule has 112 valence electrons. The summed E-state index contributed by atoms with van der Waals surface area (Å²) in [7, 11) is 0. The van der Waals surface area contributed by atoms with Gasteiger partial charge in [0.2, 0.25) is 5.91 Å². The van der Waals surface area contributed by atoms with Crippen molar-refractivity contribution in [2.75, 3.05) is 0 Å². The first-order valence-electron chi connectivity index (χ1n) is 7.70. The number of amides is 1. The van der Waals surface area contributed by atoms with Crippen LogP contribution in [0.4, 0.5) is 0 Å². The van der Waals surface area contributed by atoms with Gasteiger partial charge in [0.1, 0.15) is 0 Å². The minimum atomic E-state index is 0. The van der Waals surface area contributed by atoms with Gasteiger partial charge in [0.05, 0.1) is 0 Å². The second-order valence-corrected chi connectivity index (χ2v) is 6.45. The molecule has 0 heterocycles. The van der Waals surface area contributed by atoms with Gasteiger partial charge >= 0.3 is 0 Å². The lowest BCUT2D eigenvalue weighted by Crippen LogP contribution is -2.41. The smallest absolute Gasteiger partial charge is 0.220 e. The van der Waals surface area contributed by atoms with E-state index in [1.54, 1.807) is 0 Å². The zero-order valence-electron chi connectivity index (χ0n) is 12.1. The van der Waals surface area contributed by atoms with Crippen molar-refractivity contribution in [3.8, 4) is 0 Å². The van der Waals surface area contributed by atoms with Crippen LogP contribution in [0, 0.1) is 11.8 Å². The Kier molecular flexibility index (Phi) is 7.16. The van der Waals surface area contributed by atoms with E-state index in [0.717, 1.165) is 31.6 Å². The van der Waals surface area contributed by atoms with Gasteiger partial charge in [-0.2, -0.15) is 0 Å². The molecule has 0 aromatic rings. The van der Waals surface area contributed by atoms with E-state index < -0.39 is 0 Å². The van der Waals surface area contributed by atoms with Gasteiger partial charge in [-0.25, -0.2) is 0 Å². The Labute approximate surface area is 123 Å². The van der Waals surface area contributed by atoms with Crippen LogP contribution in [-0.2, 0) is 4.79 Å². The molecule has 2 rings (SSSR count). The average molecular weight is 289 g/mol. The lowest BCUT2D eigenvalue weighted by Gasteiger charge is -2.30. The second-order valence-electron chi connectivity index (χ2n) is 6.45. The van der Waals surface area contributed by atoms with Crippen molar-refractivity contribution in [3.05, 3.63) is 0 Å². The van der Waals surface area contributed by atoms with E-state index >= 15 is 0 Å². The molecule has 4 unspecified atom stereocenters. The average Bonchev–Trinajstić information content (AvgIpc) is 2.32. The minimum Gasteiger partial charge on any atom is -0.353 e.